The number of carbonyl (C=O) groups excluding carboxylic acids is 2. The van der Waals surface area contributed by atoms with Gasteiger partial charge in [-0.3, -0.25) is 0 Å². The molecule has 0 saturated carbocycles. The highest BCUT2D eigenvalue weighted by Crippen LogP contribution is 2.40. The van der Waals surface area contributed by atoms with Crippen molar-refractivity contribution in [1.82, 2.24) is 4.90 Å². The van der Waals surface area contributed by atoms with Gasteiger partial charge in [-0.25, -0.2) is 9.59 Å². The van der Waals surface area contributed by atoms with Crippen LogP contribution >= 0.6 is 0 Å². The lowest BCUT2D eigenvalue weighted by molar-refractivity contribution is -0.135. The smallest absolute Gasteiger partial charge is 0.410 e. The highest BCUT2D eigenvalue weighted by Gasteiger charge is 2.47. The van der Waals surface area contributed by atoms with Gasteiger partial charge in [-0.15, -0.1) is 0 Å². The van der Waals surface area contributed by atoms with Crippen LogP contribution in [0.1, 0.15) is 58.9 Å². The quantitative estimate of drug-likeness (QED) is 0.372. The van der Waals surface area contributed by atoms with Crippen LogP contribution in [0.25, 0.3) is 0 Å². The Bertz CT molecular complexity index is 794. The highest BCUT2D eigenvalue weighted by molar-refractivity contribution is 7.91. The maximum absolute atomic E-state index is 12.8. The lowest BCUT2D eigenvalue weighted by Gasteiger charge is -2.38. The van der Waals surface area contributed by atoms with Gasteiger partial charge in [-0.05, 0) is 58.9 Å². The number of fused-ring (bicyclic) bond motifs is 2. The molecule has 0 aliphatic carbocycles. The lowest BCUT2D eigenvalue weighted by atomic mass is 9.87. The molecule has 0 N–H and O–H groups in total. The fourth-order valence-corrected chi connectivity index (χ4v) is 4.88. The Morgan fingerprint density at radius 1 is 1.13 bits per heavy atom. The van der Waals surface area contributed by atoms with Gasteiger partial charge in [0.15, 0.2) is 5.71 Å². The van der Waals surface area contributed by atoms with Gasteiger partial charge in [-0.1, -0.05) is 34.7 Å². The molecule has 0 radical (unpaired) electrons. The average molecular weight is 449 g/mol. The van der Waals surface area contributed by atoms with Gasteiger partial charge < -0.3 is 18.9 Å². The Labute approximate surface area is 187 Å². The fourth-order valence-electron chi connectivity index (χ4n) is 4.20. The first-order chi connectivity index (χ1) is 14.7. The van der Waals surface area contributed by atoms with Gasteiger partial charge in [0.25, 0.3) is 0 Å². The molecule has 0 aromatic heterocycles. The minimum absolute atomic E-state index is 0.0188. The summed E-state index contributed by atoms with van der Waals surface area (Å²) in [5.41, 5.74) is 1.18. The molecule has 7 nitrogen and oxygen atoms in total. The number of hydrogen-bond acceptors (Lipinski definition) is 6. The number of esters is 1. The topological polar surface area (TPSA) is 91.3 Å². The van der Waals surface area contributed by atoms with Gasteiger partial charge in [0.1, 0.15) is 22.7 Å². The number of ether oxygens (including phenoxy) is 2. The van der Waals surface area contributed by atoms with E-state index in [4.69, 9.17) is 9.47 Å². The summed E-state index contributed by atoms with van der Waals surface area (Å²) in [4.78, 5) is 27.2. The van der Waals surface area contributed by atoms with Crippen molar-refractivity contribution in [1.29, 1.82) is 0 Å². The van der Waals surface area contributed by atoms with Crippen molar-refractivity contribution in [2.24, 2.45) is 10.3 Å². The minimum atomic E-state index is -1.56. The van der Waals surface area contributed by atoms with Crippen molar-refractivity contribution >= 4 is 29.1 Å². The van der Waals surface area contributed by atoms with Crippen molar-refractivity contribution in [3.8, 4) is 0 Å². The van der Waals surface area contributed by atoms with Crippen LogP contribution in [0.5, 0.6) is 0 Å². The van der Waals surface area contributed by atoms with E-state index in [1.54, 1.807) is 6.92 Å². The second-order valence-electron chi connectivity index (χ2n) is 9.06. The summed E-state index contributed by atoms with van der Waals surface area (Å²) in [6, 6.07) is 9.55. The number of amides is 1. The molecule has 1 aromatic rings. The first-order valence-corrected chi connectivity index (χ1v) is 12.0. The maximum atomic E-state index is 12.8. The largest absolute Gasteiger partial charge is 0.591 e. The molecule has 2 unspecified atom stereocenters. The normalized spacial score (nSPS) is 24.6. The molecule has 8 heteroatoms. The van der Waals surface area contributed by atoms with Crippen molar-refractivity contribution in [3.05, 3.63) is 35.9 Å². The molecular weight excluding hydrogens is 416 g/mol. The van der Waals surface area contributed by atoms with Crippen LogP contribution in [-0.4, -0.2) is 50.7 Å². The van der Waals surface area contributed by atoms with Crippen LogP contribution in [0, 0.1) is 5.92 Å². The Morgan fingerprint density at radius 2 is 1.74 bits per heavy atom. The molecule has 0 spiro atoms. The van der Waals surface area contributed by atoms with Gasteiger partial charge in [-0.2, -0.15) is 0 Å². The third kappa shape index (κ3) is 5.80. The van der Waals surface area contributed by atoms with E-state index in [2.05, 4.69) is 4.40 Å². The Kier molecular flexibility index (Phi) is 7.64. The Balaban J connectivity index is 1.71. The summed E-state index contributed by atoms with van der Waals surface area (Å²) in [7, 11) is 0. The number of benzene rings is 1. The van der Waals surface area contributed by atoms with E-state index in [-0.39, 0.29) is 43.0 Å². The van der Waals surface area contributed by atoms with Gasteiger partial charge in [0.05, 0.1) is 6.61 Å². The van der Waals surface area contributed by atoms with E-state index >= 15 is 0 Å². The molecule has 2 heterocycles. The van der Waals surface area contributed by atoms with Crippen LogP contribution in [0.4, 0.5) is 4.79 Å². The standard InChI is InChI=1S/C23H32N2O5S/c1-5-29-21(26)20(24-31(28)23(2,3)4)17-13-18-11-12-19(14-17)25(18)22(27)30-15-16-9-7-6-8-10-16/h6-10,17-19H,5,11-15H2,1-4H3/t17?,18?,19?,31-/m0/s1. The van der Waals surface area contributed by atoms with Crippen LogP contribution < -0.4 is 0 Å². The van der Waals surface area contributed by atoms with Crippen molar-refractivity contribution < 1.29 is 23.6 Å². The van der Waals surface area contributed by atoms with Gasteiger partial charge in [0, 0.05) is 18.0 Å². The van der Waals surface area contributed by atoms with E-state index in [1.807, 2.05) is 56.0 Å². The van der Waals surface area contributed by atoms with Crippen molar-refractivity contribution in [2.45, 2.75) is 76.8 Å². The Hall–Kier alpha value is -2.06. The summed E-state index contributed by atoms with van der Waals surface area (Å²) in [6.45, 7) is 7.68. The molecule has 2 aliphatic heterocycles. The second-order valence-corrected chi connectivity index (χ2v) is 11.0. The molecule has 2 fully saturated rings. The predicted molar refractivity (Wildman–Crippen MR) is 120 cm³/mol. The molecule has 2 aliphatic rings. The predicted octanol–water partition coefficient (Wildman–Crippen LogP) is 4.03. The summed E-state index contributed by atoms with van der Waals surface area (Å²) in [6.07, 6.45) is 2.59. The molecule has 2 bridgehead atoms. The maximum Gasteiger partial charge on any atom is 0.410 e. The first-order valence-electron chi connectivity index (χ1n) is 10.9. The van der Waals surface area contributed by atoms with Crippen LogP contribution in [-0.2, 0) is 32.2 Å². The minimum Gasteiger partial charge on any atom is -0.591 e. The zero-order valence-corrected chi connectivity index (χ0v) is 19.5. The highest BCUT2D eigenvalue weighted by atomic mass is 32.2. The van der Waals surface area contributed by atoms with E-state index in [0.29, 0.717) is 12.8 Å². The fraction of sp³-hybridized carbons (Fsp3) is 0.609. The molecule has 1 aromatic carbocycles. The number of carbonyl (C=O) groups is 2. The van der Waals surface area contributed by atoms with Crippen LogP contribution in [0.3, 0.4) is 0 Å². The average Bonchev–Trinajstić information content (AvgIpc) is 3.00. The second kappa shape index (κ2) is 10.0. The van der Waals surface area contributed by atoms with E-state index in [1.165, 1.54) is 0 Å². The summed E-state index contributed by atoms with van der Waals surface area (Å²) in [5.74, 6) is -0.689. The van der Waals surface area contributed by atoms with Crippen molar-refractivity contribution in [2.75, 3.05) is 6.61 Å². The SMILES string of the molecule is CCOC(=O)C(=N[S@@+]([O-])C(C)(C)C)C1CC2CCC(C1)N2C(=O)OCc1ccccc1. The molecular formula is C23H32N2O5S. The molecule has 3 atom stereocenters. The Morgan fingerprint density at radius 3 is 2.29 bits per heavy atom. The number of piperidine rings is 1. The van der Waals surface area contributed by atoms with E-state index < -0.39 is 22.1 Å². The molecule has 2 saturated heterocycles. The zero-order valence-electron chi connectivity index (χ0n) is 18.7. The lowest BCUT2D eigenvalue weighted by Crippen LogP contribution is -2.49. The van der Waals surface area contributed by atoms with E-state index in [9.17, 15) is 14.1 Å². The first kappa shape index (κ1) is 23.6. The molecule has 3 rings (SSSR count). The van der Waals surface area contributed by atoms with Crippen LogP contribution in [0.15, 0.2) is 34.7 Å². The van der Waals surface area contributed by atoms with Gasteiger partial charge >= 0.3 is 12.1 Å². The number of nitrogens with zero attached hydrogens (tertiary/aromatic N) is 2. The van der Waals surface area contributed by atoms with Crippen molar-refractivity contribution in [3.63, 3.8) is 0 Å². The molecule has 170 valence electrons. The summed E-state index contributed by atoms with van der Waals surface area (Å²) >= 11 is -1.56. The number of hydrogen-bond donors (Lipinski definition) is 0. The molecule has 31 heavy (non-hydrogen) atoms. The zero-order chi connectivity index (χ0) is 22.6. The monoisotopic (exact) mass is 448 g/mol. The summed E-state index contributed by atoms with van der Waals surface area (Å²) in [5, 5.41) is 0. The molecule has 1 amide bonds. The van der Waals surface area contributed by atoms with E-state index in [0.717, 1.165) is 18.4 Å². The number of rotatable bonds is 6. The third-order valence-electron chi connectivity index (χ3n) is 5.73. The van der Waals surface area contributed by atoms with Gasteiger partial charge in [0.2, 0.25) is 0 Å². The summed E-state index contributed by atoms with van der Waals surface area (Å²) < 4.78 is 27.1. The van der Waals surface area contributed by atoms with Crippen LogP contribution in [0.2, 0.25) is 0 Å². The third-order valence-corrected chi connectivity index (χ3v) is 7.14.